The van der Waals surface area contributed by atoms with Crippen molar-refractivity contribution in [2.45, 2.75) is 77.8 Å². The zero-order valence-electron chi connectivity index (χ0n) is 16.4. The van der Waals surface area contributed by atoms with E-state index in [4.69, 9.17) is 9.73 Å². The van der Waals surface area contributed by atoms with Crippen molar-refractivity contribution in [1.82, 2.24) is 4.90 Å². The average molecular weight is 363 g/mol. The first-order valence-corrected chi connectivity index (χ1v) is 9.81. The van der Waals surface area contributed by atoms with Crippen LogP contribution in [0.2, 0.25) is 0 Å². The van der Waals surface area contributed by atoms with Gasteiger partial charge in [-0.1, -0.05) is 30.0 Å². The second-order valence-corrected chi connectivity index (χ2v) is 9.11. The Morgan fingerprint density at radius 3 is 2.36 bits per heavy atom. The molecular weight excluding hydrogens is 332 g/mol. The molecule has 1 atom stereocenters. The summed E-state index contributed by atoms with van der Waals surface area (Å²) in [7, 11) is 0. The molecule has 0 radical (unpaired) electrons. The maximum atomic E-state index is 12.4. The summed E-state index contributed by atoms with van der Waals surface area (Å²) in [5, 5.41) is 1.01. The zero-order chi connectivity index (χ0) is 18.8. The Kier molecular flexibility index (Phi) is 6.20. The Bertz CT molecular complexity index is 639. The fourth-order valence-electron chi connectivity index (χ4n) is 3.02. The van der Waals surface area contributed by atoms with Gasteiger partial charge in [0, 0.05) is 17.3 Å². The summed E-state index contributed by atoms with van der Waals surface area (Å²) >= 11 is 1.67. The van der Waals surface area contributed by atoms with Gasteiger partial charge < -0.3 is 9.64 Å². The van der Waals surface area contributed by atoms with Gasteiger partial charge in [0.1, 0.15) is 5.60 Å². The molecule has 1 aliphatic heterocycles. The van der Waals surface area contributed by atoms with E-state index in [1.54, 1.807) is 11.8 Å². The van der Waals surface area contributed by atoms with Gasteiger partial charge in [-0.2, -0.15) is 0 Å². The van der Waals surface area contributed by atoms with E-state index in [9.17, 15) is 4.79 Å². The van der Waals surface area contributed by atoms with Crippen LogP contribution in [0, 0.1) is 0 Å². The van der Waals surface area contributed by atoms with Gasteiger partial charge in [0.25, 0.3) is 0 Å². The molecule has 5 heteroatoms. The highest BCUT2D eigenvalue weighted by molar-refractivity contribution is 8.14. The molecule has 0 saturated heterocycles. The third kappa shape index (κ3) is 5.24. The summed E-state index contributed by atoms with van der Waals surface area (Å²) in [6.45, 7) is 14.4. The molecule has 4 nitrogen and oxygen atoms in total. The number of carbonyl (C=O) groups is 1. The van der Waals surface area contributed by atoms with E-state index in [-0.39, 0.29) is 11.2 Å². The van der Waals surface area contributed by atoms with Gasteiger partial charge in [-0.15, -0.1) is 0 Å². The second kappa shape index (κ2) is 7.81. The zero-order valence-corrected chi connectivity index (χ0v) is 17.2. The Hall–Kier alpha value is -1.49. The van der Waals surface area contributed by atoms with Crippen LogP contribution in [0.25, 0.3) is 0 Å². The van der Waals surface area contributed by atoms with E-state index < -0.39 is 5.60 Å². The third-order valence-corrected chi connectivity index (χ3v) is 5.07. The average Bonchev–Trinajstić information content (AvgIpc) is 2.44. The van der Waals surface area contributed by atoms with E-state index in [2.05, 4.69) is 38.7 Å². The standard InChI is InChI=1S/C20H30N2O2S/c1-13(2)22(14(3)4)19-21-16-11-9-8-10-15(16)17(25-19)12-18(23)24-20(5,6)7/h8-11,13-14,17H,12H2,1-7H3. The molecule has 0 aliphatic carbocycles. The first kappa shape index (κ1) is 19.8. The number of rotatable bonds is 4. The van der Waals surface area contributed by atoms with Crippen LogP contribution >= 0.6 is 11.8 Å². The van der Waals surface area contributed by atoms with Gasteiger partial charge in [0.05, 0.1) is 12.1 Å². The smallest absolute Gasteiger partial charge is 0.307 e. The molecule has 25 heavy (non-hydrogen) atoms. The molecule has 0 bridgehead atoms. The molecule has 1 aromatic carbocycles. The molecule has 0 amide bonds. The number of thioether (sulfide) groups is 1. The minimum atomic E-state index is -0.464. The Morgan fingerprint density at radius 1 is 1.20 bits per heavy atom. The van der Waals surface area contributed by atoms with Crippen LogP contribution in [-0.2, 0) is 9.53 Å². The van der Waals surface area contributed by atoms with E-state index in [0.29, 0.717) is 18.5 Å². The van der Waals surface area contributed by atoms with Crippen LogP contribution in [0.1, 0.15) is 65.7 Å². The van der Waals surface area contributed by atoms with Crippen molar-refractivity contribution in [3.63, 3.8) is 0 Å². The lowest BCUT2D eigenvalue weighted by atomic mass is 10.1. The number of nitrogens with zero attached hydrogens (tertiary/aromatic N) is 2. The summed E-state index contributed by atoms with van der Waals surface area (Å²) in [6, 6.07) is 8.78. The van der Waals surface area contributed by atoms with Crippen LogP contribution in [0.15, 0.2) is 29.3 Å². The predicted molar refractivity (Wildman–Crippen MR) is 106 cm³/mol. The quantitative estimate of drug-likeness (QED) is 0.681. The summed E-state index contributed by atoms with van der Waals surface area (Å²) < 4.78 is 5.54. The van der Waals surface area contributed by atoms with Crippen molar-refractivity contribution in [3.8, 4) is 0 Å². The van der Waals surface area contributed by atoms with E-state index in [1.165, 1.54) is 0 Å². The fraction of sp³-hybridized carbons (Fsp3) is 0.600. The molecule has 0 spiro atoms. The van der Waals surface area contributed by atoms with Crippen LogP contribution < -0.4 is 0 Å². The van der Waals surface area contributed by atoms with Crippen molar-refractivity contribution in [1.29, 1.82) is 0 Å². The summed E-state index contributed by atoms with van der Waals surface area (Å²) in [6.07, 6.45) is 0.349. The van der Waals surface area contributed by atoms with Crippen molar-refractivity contribution in [2.24, 2.45) is 4.99 Å². The number of hydrogen-bond acceptors (Lipinski definition) is 5. The van der Waals surface area contributed by atoms with Crippen LogP contribution in [-0.4, -0.2) is 33.7 Å². The fourth-order valence-corrected chi connectivity index (χ4v) is 4.52. The van der Waals surface area contributed by atoms with Crippen molar-refractivity contribution in [2.75, 3.05) is 0 Å². The number of para-hydroxylation sites is 1. The Balaban J connectivity index is 2.30. The molecule has 2 rings (SSSR count). The highest BCUT2D eigenvalue weighted by atomic mass is 32.2. The molecule has 0 saturated carbocycles. The molecule has 1 aliphatic rings. The highest BCUT2D eigenvalue weighted by Crippen LogP contribution is 2.44. The minimum Gasteiger partial charge on any atom is -0.460 e. The van der Waals surface area contributed by atoms with Crippen LogP contribution in [0.3, 0.4) is 0 Å². The van der Waals surface area contributed by atoms with Crippen molar-refractivity contribution < 1.29 is 9.53 Å². The summed E-state index contributed by atoms with van der Waals surface area (Å²) in [5.41, 5.74) is 1.60. The number of fused-ring (bicyclic) bond motifs is 1. The van der Waals surface area contributed by atoms with Gasteiger partial charge >= 0.3 is 5.97 Å². The molecule has 0 N–H and O–H groups in total. The molecule has 0 fully saturated rings. The number of hydrogen-bond donors (Lipinski definition) is 0. The monoisotopic (exact) mass is 362 g/mol. The van der Waals surface area contributed by atoms with Gasteiger partial charge in [-0.05, 0) is 60.1 Å². The number of aliphatic imine (C=N–C) groups is 1. The lowest BCUT2D eigenvalue weighted by Gasteiger charge is -2.37. The summed E-state index contributed by atoms with van der Waals surface area (Å²) in [5.74, 6) is -0.165. The maximum Gasteiger partial charge on any atom is 0.307 e. The lowest BCUT2D eigenvalue weighted by Crippen LogP contribution is -2.41. The molecule has 138 valence electrons. The SMILES string of the molecule is CC(C)N(C1=Nc2ccccc2C(CC(=O)OC(C)(C)C)S1)C(C)C. The minimum absolute atomic E-state index is 0.0264. The molecular formula is C20H30N2O2S. The number of amidine groups is 1. The van der Waals surface area contributed by atoms with E-state index in [1.807, 2.05) is 39.0 Å². The largest absolute Gasteiger partial charge is 0.460 e. The molecule has 1 unspecified atom stereocenters. The van der Waals surface area contributed by atoms with E-state index >= 15 is 0 Å². The van der Waals surface area contributed by atoms with Crippen LogP contribution in [0.5, 0.6) is 0 Å². The van der Waals surface area contributed by atoms with Crippen molar-refractivity contribution >= 4 is 28.6 Å². The number of benzene rings is 1. The lowest BCUT2D eigenvalue weighted by molar-refractivity contribution is -0.154. The summed E-state index contributed by atoms with van der Waals surface area (Å²) in [4.78, 5) is 19.6. The normalized spacial score (nSPS) is 17.3. The van der Waals surface area contributed by atoms with Gasteiger partial charge in [-0.3, -0.25) is 4.79 Å². The van der Waals surface area contributed by atoms with Gasteiger partial charge in [-0.25, -0.2) is 4.99 Å². The molecule has 0 aromatic heterocycles. The van der Waals surface area contributed by atoms with E-state index in [0.717, 1.165) is 16.4 Å². The number of esters is 1. The topological polar surface area (TPSA) is 41.9 Å². The highest BCUT2D eigenvalue weighted by Gasteiger charge is 2.31. The molecule has 1 heterocycles. The Labute approximate surface area is 156 Å². The Morgan fingerprint density at radius 2 is 1.80 bits per heavy atom. The first-order valence-electron chi connectivity index (χ1n) is 8.93. The maximum absolute atomic E-state index is 12.4. The van der Waals surface area contributed by atoms with Crippen molar-refractivity contribution in [3.05, 3.63) is 29.8 Å². The number of ether oxygens (including phenoxy) is 1. The molecule has 1 aromatic rings. The third-order valence-electron chi connectivity index (χ3n) is 3.85. The predicted octanol–water partition coefficient (Wildman–Crippen LogP) is 5.31. The number of carbonyl (C=O) groups excluding carboxylic acids is 1. The first-order chi connectivity index (χ1) is 11.6. The van der Waals surface area contributed by atoms with Gasteiger partial charge in [0.15, 0.2) is 5.17 Å². The second-order valence-electron chi connectivity index (χ2n) is 7.95. The van der Waals surface area contributed by atoms with Crippen LogP contribution in [0.4, 0.5) is 5.69 Å². The van der Waals surface area contributed by atoms with Gasteiger partial charge in [0.2, 0.25) is 0 Å².